The van der Waals surface area contributed by atoms with Gasteiger partial charge in [-0.3, -0.25) is 4.79 Å². The molecule has 0 N–H and O–H groups in total. The maximum Gasteiger partial charge on any atom is 0.165 e. The second-order valence-electron chi connectivity index (χ2n) is 7.65. The molecule has 2 aromatic carbocycles. The topological polar surface area (TPSA) is 22.0 Å². The van der Waals surface area contributed by atoms with Gasteiger partial charge in [-0.2, -0.15) is 0 Å². The molecule has 4 heteroatoms. The fraction of sp³-hybridized carbons (Fsp3) is 0.227. The third-order valence-electron chi connectivity index (χ3n) is 4.91. The molecule has 1 heterocycles. The fourth-order valence-electron chi connectivity index (χ4n) is 3.73. The third-order valence-corrected chi connectivity index (χ3v) is 5.69. The van der Waals surface area contributed by atoms with E-state index in [1.165, 1.54) is 0 Å². The van der Waals surface area contributed by atoms with Gasteiger partial charge >= 0.3 is 0 Å². The van der Waals surface area contributed by atoms with Crippen molar-refractivity contribution < 1.29 is 4.79 Å². The van der Waals surface area contributed by atoms with Gasteiger partial charge < -0.3 is 4.57 Å². The summed E-state index contributed by atoms with van der Waals surface area (Å²) in [6.07, 6.45) is 1.46. The second kappa shape index (κ2) is 6.40. The van der Waals surface area contributed by atoms with Crippen LogP contribution < -0.4 is 0 Å². The van der Waals surface area contributed by atoms with Crippen molar-refractivity contribution in [3.63, 3.8) is 0 Å². The molecule has 0 atom stereocenters. The van der Waals surface area contributed by atoms with Crippen LogP contribution in [0.25, 0.3) is 16.9 Å². The van der Waals surface area contributed by atoms with E-state index in [4.69, 9.17) is 11.6 Å². The van der Waals surface area contributed by atoms with Gasteiger partial charge in [0.05, 0.1) is 5.69 Å². The summed E-state index contributed by atoms with van der Waals surface area (Å²) >= 11 is 9.59. The molecule has 1 aliphatic carbocycles. The molecule has 0 saturated carbocycles. The van der Waals surface area contributed by atoms with E-state index in [1.54, 1.807) is 0 Å². The predicted molar refractivity (Wildman–Crippen MR) is 110 cm³/mol. The van der Waals surface area contributed by atoms with Crippen LogP contribution in [-0.4, -0.2) is 10.4 Å². The Morgan fingerprint density at radius 1 is 1.00 bits per heavy atom. The van der Waals surface area contributed by atoms with Gasteiger partial charge in [0.15, 0.2) is 5.78 Å². The maximum absolute atomic E-state index is 12.8. The van der Waals surface area contributed by atoms with Crippen molar-refractivity contribution in [3.05, 3.63) is 75.4 Å². The Labute approximate surface area is 166 Å². The summed E-state index contributed by atoms with van der Waals surface area (Å²) in [5, 5.41) is 0.705. The van der Waals surface area contributed by atoms with Gasteiger partial charge in [0.1, 0.15) is 0 Å². The SMILES string of the molecule is CC1(C)CC(=O)c2cc(-c3ccc(Br)cc3)n(-c3ccc(Cl)cc3)c2C1. The van der Waals surface area contributed by atoms with E-state index in [1.807, 2.05) is 42.5 Å². The zero-order valence-corrected chi connectivity index (χ0v) is 17.1. The predicted octanol–water partition coefficient (Wildman–Crippen LogP) is 6.72. The van der Waals surface area contributed by atoms with E-state index in [0.29, 0.717) is 11.4 Å². The molecule has 0 saturated heterocycles. The lowest BCUT2D eigenvalue weighted by atomic mass is 9.76. The molecule has 0 fully saturated rings. The fourth-order valence-corrected chi connectivity index (χ4v) is 4.12. The van der Waals surface area contributed by atoms with Crippen LogP contribution in [0.1, 0.15) is 36.3 Å². The van der Waals surface area contributed by atoms with Crippen molar-refractivity contribution in [3.8, 4) is 16.9 Å². The van der Waals surface area contributed by atoms with Gasteiger partial charge in [-0.25, -0.2) is 0 Å². The van der Waals surface area contributed by atoms with E-state index in [-0.39, 0.29) is 11.2 Å². The first-order chi connectivity index (χ1) is 12.3. The van der Waals surface area contributed by atoms with Crippen LogP contribution >= 0.6 is 27.5 Å². The summed E-state index contributed by atoms with van der Waals surface area (Å²) < 4.78 is 3.25. The Kier molecular flexibility index (Phi) is 4.32. The van der Waals surface area contributed by atoms with Crippen molar-refractivity contribution in [2.75, 3.05) is 0 Å². The first-order valence-electron chi connectivity index (χ1n) is 8.64. The Morgan fingerprint density at radius 3 is 2.31 bits per heavy atom. The Hall–Kier alpha value is -1.84. The van der Waals surface area contributed by atoms with E-state index in [2.05, 4.69) is 46.5 Å². The number of aromatic nitrogens is 1. The highest BCUT2D eigenvalue weighted by molar-refractivity contribution is 9.10. The molecule has 0 radical (unpaired) electrons. The van der Waals surface area contributed by atoms with Crippen LogP contribution in [0.5, 0.6) is 0 Å². The summed E-state index contributed by atoms with van der Waals surface area (Å²) in [5.74, 6) is 0.224. The van der Waals surface area contributed by atoms with Gasteiger partial charge in [0.2, 0.25) is 0 Å². The first kappa shape index (κ1) is 17.6. The lowest BCUT2D eigenvalue weighted by Crippen LogP contribution is -2.27. The number of Topliss-reactive ketones (excluding diaryl/α,β-unsaturated/α-hetero) is 1. The van der Waals surface area contributed by atoms with Gasteiger partial charge in [0.25, 0.3) is 0 Å². The number of hydrogen-bond acceptors (Lipinski definition) is 1. The lowest BCUT2D eigenvalue weighted by Gasteiger charge is -2.30. The number of rotatable bonds is 2. The molecule has 2 nitrogen and oxygen atoms in total. The zero-order valence-electron chi connectivity index (χ0n) is 14.7. The Morgan fingerprint density at radius 2 is 1.65 bits per heavy atom. The van der Waals surface area contributed by atoms with Crippen molar-refractivity contribution in [1.29, 1.82) is 0 Å². The molecule has 0 unspecified atom stereocenters. The van der Waals surface area contributed by atoms with Gasteiger partial charge in [-0.1, -0.05) is 53.5 Å². The minimum Gasteiger partial charge on any atom is -0.313 e. The van der Waals surface area contributed by atoms with E-state index in [0.717, 1.165) is 39.1 Å². The standard InChI is InChI=1S/C22H19BrClNO/c1-22(2)12-20-18(21(26)13-22)11-19(14-3-5-15(23)6-4-14)25(20)17-9-7-16(24)8-10-17/h3-11H,12-13H2,1-2H3. The molecule has 0 spiro atoms. The van der Waals surface area contributed by atoms with E-state index >= 15 is 0 Å². The van der Waals surface area contributed by atoms with Gasteiger partial charge in [-0.15, -0.1) is 0 Å². The van der Waals surface area contributed by atoms with Gasteiger partial charge in [0, 0.05) is 32.9 Å². The second-order valence-corrected chi connectivity index (χ2v) is 9.00. The van der Waals surface area contributed by atoms with Crippen LogP contribution in [0.15, 0.2) is 59.1 Å². The third kappa shape index (κ3) is 3.15. The number of carbonyl (C=O) groups excluding carboxylic acids is 1. The van der Waals surface area contributed by atoms with Crippen molar-refractivity contribution in [2.24, 2.45) is 5.41 Å². The molecule has 1 aromatic heterocycles. The number of ketones is 1. The number of halogens is 2. The molecule has 1 aliphatic rings. The average Bonchev–Trinajstić information content (AvgIpc) is 2.94. The van der Waals surface area contributed by atoms with Crippen LogP contribution in [0.2, 0.25) is 5.02 Å². The van der Waals surface area contributed by atoms with Crippen molar-refractivity contribution in [1.82, 2.24) is 4.57 Å². The van der Waals surface area contributed by atoms with Gasteiger partial charge in [-0.05, 0) is 59.9 Å². The van der Waals surface area contributed by atoms with Crippen LogP contribution in [0, 0.1) is 5.41 Å². The summed E-state index contributed by atoms with van der Waals surface area (Å²) in [4.78, 5) is 12.8. The van der Waals surface area contributed by atoms with Crippen molar-refractivity contribution >= 4 is 33.3 Å². The number of carbonyl (C=O) groups is 1. The monoisotopic (exact) mass is 427 g/mol. The largest absolute Gasteiger partial charge is 0.313 e. The minimum absolute atomic E-state index is 0.0381. The van der Waals surface area contributed by atoms with Crippen LogP contribution in [-0.2, 0) is 6.42 Å². The zero-order chi connectivity index (χ0) is 18.5. The van der Waals surface area contributed by atoms with E-state index < -0.39 is 0 Å². The highest BCUT2D eigenvalue weighted by atomic mass is 79.9. The Balaban J connectivity index is 1.98. The molecule has 4 rings (SSSR count). The van der Waals surface area contributed by atoms with Crippen molar-refractivity contribution in [2.45, 2.75) is 26.7 Å². The summed E-state index contributed by atoms with van der Waals surface area (Å²) in [7, 11) is 0. The average molecular weight is 429 g/mol. The number of nitrogens with zero attached hydrogens (tertiary/aromatic N) is 1. The highest BCUT2D eigenvalue weighted by Gasteiger charge is 2.34. The number of fused-ring (bicyclic) bond motifs is 1. The molecule has 3 aromatic rings. The molecule has 26 heavy (non-hydrogen) atoms. The molecule has 0 aliphatic heterocycles. The molecule has 0 amide bonds. The number of hydrogen-bond donors (Lipinski definition) is 0. The molecular formula is C22H19BrClNO. The molecule has 132 valence electrons. The quantitative estimate of drug-likeness (QED) is 0.444. The minimum atomic E-state index is -0.0381. The van der Waals surface area contributed by atoms with E-state index in [9.17, 15) is 4.79 Å². The van der Waals surface area contributed by atoms with Crippen LogP contribution in [0.4, 0.5) is 0 Å². The maximum atomic E-state index is 12.8. The molecule has 0 bridgehead atoms. The summed E-state index contributed by atoms with van der Waals surface area (Å²) in [5.41, 5.74) is 5.05. The first-order valence-corrected chi connectivity index (χ1v) is 9.81. The summed E-state index contributed by atoms with van der Waals surface area (Å²) in [6.45, 7) is 4.32. The number of benzene rings is 2. The Bertz CT molecular complexity index is 984. The lowest BCUT2D eigenvalue weighted by molar-refractivity contribution is 0.0911. The van der Waals surface area contributed by atoms with Crippen LogP contribution in [0.3, 0.4) is 0 Å². The highest BCUT2D eigenvalue weighted by Crippen LogP contribution is 2.40. The smallest absolute Gasteiger partial charge is 0.165 e. The normalized spacial score (nSPS) is 15.8. The molecular weight excluding hydrogens is 410 g/mol. The summed E-state index contributed by atoms with van der Waals surface area (Å²) in [6, 6.07) is 18.1.